The highest BCUT2D eigenvalue weighted by molar-refractivity contribution is 9.11. The number of rotatable bonds is 5. The molecule has 0 fully saturated rings. The Hall–Kier alpha value is -0.590. The van der Waals surface area contributed by atoms with Crippen LogP contribution in [0, 0.1) is 0 Å². The number of esters is 1. The third-order valence-corrected chi connectivity index (χ3v) is 3.63. The minimum absolute atomic E-state index is 0.0732. The highest BCUT2D eigenvalue weighted by Gasteiger charge is 2.16. The number of hydrogen-bond donors (Lipinski definition) is 2. The highest BCUT2D eigenvalue weighted by atomic mass is 79.9. The molecular formula is C14H20Br2N2O2. The molecular weight excluding hydrogens is 388 g/mol. The Bertz CT molecular complexity index is 485. The van der Waals surface area contributed by atoms with Gasteiger partial charge >= 0.3 is 5.97 Å². The molecule has 1 rings (SSSR count). The molecule has 20 heavy (non-hydrogen) atoms. The molecule has 0 spiro atoms. The number of ether oxygens (including phenoxy) is 1. The molecule has 0 unspecified atom stereocenters. The molecule has 0 aromatic heterocycles. The third kappa shape index (κ3) is 5.42. The Balaban J connectivity index is 2.80. The van der Waals surface area contributed by atoms with E-state index in [1.807, 2.05) is 6.07 Å². The van der Waals surface area contributed by atoms with Crippen molar-refractivity contribution in [3.05, 3.63) is 26.6 Å². The van der Waals surface area contributed by atoms with E-state index in [1.54, 1.807) is 6.07 Å². The fraction of sp³-hybridized carbons (Fsp3) is 0.500. The van der Waals surface area contributed by atoms with Crippen LogP contribution in [0.5, 0.6) is 0 Å². The van der Waals surface area contributed by atoms with Gasteiger partial charge in [-0.15, -0.1) is 0 Å². The van der Waals surface area contributed by atoms with Gasteiger partial charge in [0.15, 0.2) is 0 Å². The van der Waals surface area contributed by atoms with Gasteiger partial charge in [-0.2, -0.15) is 0 Å². The van der Waals surface area contributed by atoms with Gasteiger partial charge in [-0.1, -0.05) is 15.9 Å². The molecule has 0 saturated heterocycles. The van der Waals surface area contributed by atoms with Crippen molar-refractivity contribution in [2.75, 3.05) is 25.5 Å². The summed E-state index contributed by atoms with van der Waals surface area (Å²) in [7, 11) is 1.38. The van der Waals surface area contributed by atoms with Crippen molar-refractivity contribution in [1.29, 1.82) is 0 Å². The molecule has 2 N–H and O–H groups in total. The second-order valence-electron chi connectivity index (χ2n) is 5.41. The second kappa shape index (κ2) is 7.43. The van der Waals surface area contributed by atoms with Crippen molar-refractivity contribution < 1.29 is 9.53 Å². The lowest BCUT2D eigenvalue weighted by Gasteiger charge is -2.21. The van der Waals surface area contributed by atoms with E-state index in [0.29, 0.717) is 12.1 Å². The first-order valence-corrected chi connectivity index (χ1v) is 7.89. The average Bonchev–Trinajstić information content (AvgIpc) is 2.33. The molecule has 0 aliphatic heterocycles. The molecule has 1 aromatic carbocycles. The minimum atomic E-state index is -0.363. The highest BCUT2D eigenvalue weighted by Crippen LogP contribution is 2.31. The molecule has 0 bridgehead atoms. The number of nitrogens with one attached hydrogen (secondary N) is 2. The van der Waals surface area contributed by atoms with Crippen LogP contribution in [0.1, 0.15) is 31.1 Å². The van der Waals surface area contributed by atoms with Gasteiger partial charge in [0, 0.05) is 27.6 Å². The van der Waals surface area contributed by atoms with Gasteiger partial charge in [-0.05, 0) is 48.8 Å². The maximum absolute atomic E-state index is 11.8. The topological polar surface area (TPSA) is 50.4 Å². The fourth-order valence-electron chi connectivity index (χ4n) is 1.65. The van der Waals surface area contributed by atoms with Crippen LogP contribution in [0.2, 0.25) is 0 Å². The third-order valence-electron chi connectivity index (χ3n) is 2.54. The van der Waals surface area contributed by atoms with E-state index in [9.17, 15) is 4.79 Å². The predicted molar refractivity (Wildman–Crippen MR) is 89.4 cm³/mol. The van der Waals surface area contributed by atoms with Crippen LogP contribution in [-0.4, -0.2) is 31.7 Å². The van der Waals surface area contributed by atoms with Gasteiger partial charge in [0.05, 0.1) is 18.4 Å². The predicted octanol–water partition coefficient (Wildman–Crippen LogP) is 3.80. The largest absolute Gasteiger partial charge is 0.465 e. The van der Waals surface area contributed by atoms with Crippen molar-refractivity contribution in [2.24, 2.45) is 0 Å². The number of benzene rings is 1. The number of halogens is 2. The molecule has 6 heteroatoms. The molecule has 0 saturated carbocycles. The summed E-state index contributed by atoms with van der Waals surface area (Å²) in [6.07, 6.45) is 0. The first-order valence-electron chi connectivity index (χ1n) is 6.31. The zero-order chi connectivity index (χ0) is 15.3. The quantitative estimate of drug-likeness (QED) is 0.575. The van der Waals surface area contributed by atoms with Crippen molar-refractivity contribution in [1.82, 2.24) is 5.32 Å². The maximum atomic E-state index is 11.8. The van der Waals surface area contributed by atoms with Gasteiger partial charge in [-0.25, -0.2) is 4.79 Å². The van der Waals surface area contributed by atoms with Crippen LogP contribution in [-0.2, 0) is 4.74 Å². The summed E-state index contributed by atoms with van der Waals surface area (Å²) in [5.74, 6) is -0.363. The summed E-state index contributed by atoms with van der Waals surface area (Å²) in [6, 6.07) is 3.64. The standard InChI is InChI=1S/C14H20Br2N2O2/c1-14(2,3)18-6-5-17-12-10(13(19)20-4)7-9(15)8-11(12)16/h7-8,17-18H,5-6H2,1-4H3. The van der Waals surface area contributed by atoms with E-state index in [1.165, 1.54) is 7.11 Å². The Labute approximate surface area is 136 Å². The lowest BCUT2D eigenvalue weighted by Crippen LogP contribution is -2.38. The normalized spacial score (nSPS) is 11.3. The Morgan fingerprint density at radius 3 is 2.45 bits per heavy atom. The van der Waals surface area contributed by atoms with E-state index in [2.05, 4.69) is 63.3 Å². The summed E-state index contributed by atoms with van der Waals surface area (Å²) in [4.78, 5) is 11.8. The van der Waals surface area contributed by atoms with Gasteiger partial charge in [0.1, 0.15) is 0 Å². The minimum Gasteiger partial charge on any atom is -0.465 e. The van der Waals surface area contributed by atoms with Crippen molar-refractivity contribution >= 4 is 43.5 Å². The van der Waals surface area contributed by atoms with E-state index >= 15 is 0 Å². The summed E-state index contributed by atoms with van der Waals surface area (Å²) >= 11 is 6.84. The van der Waals surface area contributed by atoms with Crippen LogP contribution < -0.4 is 10.6 Å². The smallest absolute Gasteiger partial charge is 0.340 e. The van der Waals surface area contributed by atoms with Crippen molar-refractivity contribution in [3.8, 4) is 0 Å². The van der Waals surface area contributed by atoms with E-state index in [0.717, 1.165) is 21.2 Å². The number of anilines is 1. The number of carbonyl (C=O) groups is 1. The molecule has 112 valence electrons. The first kappa shape index (κ1) is 17.5. The number of methoxy groups -OCH3 is 1. The first-order chi connectivity index (χ1) is 9.24. The lowest BCUT2D eigenvalue weighted by atomic mass is 10.1. The molecule has 0 radical (unpaired) electrons. The van der Waals surface area contributed by atoms with E-state index in [4.69, 9.17) is 4.74 Å². The van der Waals surface area contributed by atoms with Gasteiger partial charge < -0.3 is 15.4 Å². The van der Waals surface area contributed by atoms with Crippen LogP contribution in [0.4, 0.5) is 5.69 Å². The Morgan fingerprint density at radius 2 is 1.90 bits per heavy atom. The summed E-state index contributed by atoms with van der Waals surface area (Å²) < 4.78 is 6.46. The molecule has 0 atom stereocenters. The van der Waals surface area contributed by atoms with Gasteiger partial charge in [0.2, 0.25) is 0 Å². The Morgan fingerprint density at radius 1 is 1.25 bits per heavy atom. The lowest BCUT2D eigenvalue weighted by molar-refractivity contribution is 0.0601. The molecule has 0 amide bonds. The van der Waals surface area contributed by atoms with E-state index < -0.39 is 0 Å². The monoisotopic (exact) mass is 406 g/mol. The van der Waals surface area contributed by atoms with Gasteiger partial charge in [-0.3, -0.25) is 0 Å². The summed E-state index contributed by atoms with van der Waals surface area (Å²) in [5, 5.41) is 6.65. The zero-order valence-electron chi connectivity index (χ0n) is 12.1. The van der Waals surface area contributed by atoms with Crippen molar-refractivity contribution in [2.45, 2.75) is 26.3 Å². The van der Waals surface area contributed by atoms with Gasteiger partial charge in [0.25, 0.3) is 0 Å². The van der Waals surface area contributed by atoms with Crippen LogP contribution in [0.15, 0.2) is 21.1 Å². The fourth-order valence-corrected chi connectivity index (χ4v) is 3.01. The van der Waals surface area contributed by atoms with Crippen LogP contribution in [0.3, 0.4) is 0 Å². The molecule has 0 aliphatic rings. The number of carbonyl (C=O) groups excluding carboxylic acids is 1. The molecule has 0 heterocycles. The van der Waals surface area contributed by atoms with Crippen molar-refractivity contribution in [3.63, 3.8) is 0 Å². The molecule has 1 aromatic rings. The molecule has 0 aliphatic carbocycles. The van der Waals surface area contributed by atoms with Crippen LogP contribution in [0.25, 0.3) is 0 Å². The zero-order valence-corrected chi connectivity index (χ0v) is 15.3. The summed E-state index contributed by atoms with van der Waals surface area (Å²) in [6.45, 7) is 7.85. The summed E-state index contributed by atoms with van der Waals surface area (Å²) in [5.41, 5.74) is 1.32. The van der Waals surface area contributed by atoms with E-state index in [-0.39, 0.29) is 11.5 Å². The SMILES string of the molecule is COC(=O)c1cc(Br)cc(Br)c1NCCNC(C)(C)C. The van der Waals surface area contributed by atoms with Crippen LogP contribution >= 0.6 is 31.9 Å². The number of hydrogen-bond acceptors (Lipinski definition) is 4. The average molecular weight is 408 g/mol. The maximum Gasteiger partial charge on any atom is 0.340 e. The molecule has 4 nitrogen and oxygen atoms in total. The second-order valence-corrected chi connectivity index (χ2v) is 7.18. The Kier molecular flexibility index (Phi) is 6.48.